The number of unbranched alkanes of at least 4 members (excludes halogenated alkanes) is 2. The fraction of sp³-hybridized carbons (Fsp3) is 0.407. The van der Waals surface area contributed by atoms with Gasteiger partial charge >= 0.3 is 0 Å². The first kappa shape index (κ1) is 32.3. The van der Waals surface area contributed by atoms with E-state index in [-0.39, 0.29) is 36.5 Å². The van der Waals surface area contributed by atoms with E-state index in [2.05, 4.69) is 16.0 Å². The second kappa shape index (κ2) is 15.1. The Hall–Kier alpha value is -4.88. The standard InChI is InChI=1S/C27H36N4O10/c1-14(6-2-4-8-29-26(40)15-10-18(32)22(36)19(33)11-15)25(39)31-17(24(28)38)7-3-5-9-30-27(41)16-12-20(34)23(37)21(35)13-16/h10-14,17,32-37H,2-9H2,1H3,(H2,28,38)(H,29,40)(H,30,41)(H,31,39)/t14-,17-/m1/s1. The van der Waals surface area contributed by atoms with E-state index in [0.717, 1.165) is 24.3 Å². The van der Waals surface area contributed by atoms with Crippen LogP contribution < -0.4 is 21.7 Å². The maximum absolute atomic E-state index is 12.5. The number of phenols is 6. The predicted octanol–water partition coefficient (Wildman–Crippen LogP) is 1.03. The number of hydrogen-bond acceptors (Lipinski definition) is 10. The van der Waals surface area contributed by atoms with E-state index in [9.17, 15) is 49.8 Å². The number of carbonyl (C=O) groups is 4. The summed E-state index contributed by atoms with van der Waals surface area (Å²) < 4.78 is 0. The molecule has 0 aliphatic rings. The van der Waals surface area contributed by atoms with E-state index in [1.54, 1.807) is 6.92 Å². The lowest BCUT2D eigenvalue weighted by Gasteiger charge is -2.19. The first-order valence-electron chi connectivity index (χ1n) is 13.0. The SMILES string of the molecule is C[C@H](CCCCNC(=O)c1cc(O)c(O)c(O)c1)C(=O)N[C@H](CCCCNC(=O)c1cc(O)c(O)c(O)c1)C(N)=O. The average molecular weight is 577 g/mol. The highest BCUT2D eigenvalue weighted by Crippen LogP contribution is 2.36. The molecule has 14 heteroatoms. The van der Waals surface area contributed by atoms with E-state index < -0.39 is 64.2 Å². The molecule has 4 amide bonds. The smallest absolute Gasteiger partial charge is 0.251 e. The lowest BCUT2D eigenvalue weighted by molar-refractivity contribution is -0.129. The zero-order valence-electron chi connectivity index (χ0n) is 22.5. The molecule has 0 unspecified atom stereocenters. The number of phenolic OH excluding ortho intramolecular Hbond substituents is 6. The third-order valence-electron chi connectivity index (χ3n) is 6.33. The van der Waals surface area contributed by atoms with Crippen LogP contribution in [0.15, 0.2) is 24.3 Å². The van der Waals surface area contributed by atoms with Crippen molar-refractivity contribution in [2.24, 2.45) is 11.7 Å². The fourth-order valence-electron chi connectivity index (χ4n) is 3.86. The Balaban J connectivity index is 1.67. The van der Waals surface area contributed by atoms with E-state index in [1.807, 2.05) is 0 Å². The minimum absolute atomic E-state index is 0.0247. The van der Waals surface area contributed by atoms with Gasteiger partial charge in [0.05, 0.1) is 0 Å². The van der Waals surface area contributed by atoms with Gasteiger partial charge in [0.1, 0.15) is 6.04 Å². The van der Waals surface area contributed by atoms with E-state index in [1.165, 1.54) is 0 Å². The number of nitrogens with two attached hydrogens (primary N) is 1. The van der Waals surface area contributed by atoms with Gasteiger partial charge in [-0.1, -0.05) is 13.3 Å². The van der Waals surface area contributed by atoms with Crippen molar-refractivity contribution in [3.8, 4) is 34.5 Å². The molecule has 0 heterocycles. The summed E-state index contributed by atoms with van der Waals surface area (Å²) in [4.78, 5) is 48.7. The van der Waals surface area contributed by atoms with Crippen LogP contribution in [0.4, 0.5) is 0 Å². The number of benzene rings is 2. The molecule has 0 aliphatic carbocycles. The molecule has 0 bridgehead atoms. The van der Waals surface area contributed by atoms with Crippen LogP contribution >= 0.6 is 0 Å². The van der Waals surface area contributed by atoms with Crippen molar-refractivity contribution in [1.82, 2.24) is 16.0 Å². The number of hydrogen-bond donors (Lipinski definition) is 10. The lowest BCUT2D eigenvalue weighted by atomic mass is 10.0. The monoisotopic (exact) mass is 576 g/mol. The molecule has 14 nitrogen and oxygen atoms in total. The van der Waals surface area contributed by atoms with Crippen LogP contribution in [0.1, 0.15) is 66.2 Å². The summed E-state index contributed by atoms with van der Waals surface area (Å²) in [5.41, 5.74) is 5.36. The number of primary amides is 1. The molecule has 11 N–H and O–H groups in total. The van der Waals surface area contributed by atoms with Gasteiger partial charge in [-0.25, -0.2) is 0 Å². The van der Waals surface area contributed by atoms with E-state index in [4.69, 9.17) is 5.73 Å². The summed E-state index contributed by atoms with van der Waals surface area (Å²) in [7, 11) is 0. The Kier molecular flexibility index (Phi) is 11.9. The third kappa shape index (κ3) is 9.67. The van der Waals surface area contributed by atoms with Gasteiger partial charge in [-0.15, -0.1) is 0 Å². The number of amides is 4. The molecule has 2 aromatic rings. The summed E-state index contributed by atoms with van der Waals surface area (Å²) >= 11 is 0. The topological polar surface area (TPSA) is 252 Å². The highest BCUT2D eigenvalue weighted by Gasteiger charge is 2.21. The molecular formula is C27H36N4O10. The summed E-state index contributed by atoms with van der Waals surface area (Å²) in [6.07, 6.45) is 2.74. The highest BCUT2D eigenvalue weighted by atomic mass is 16.3. The summed E-state index contributed by atoms with van der Waals surface area (Å²) in [6, 6.07) is 3.18. The molecule has 2 aromatic carbocycles. The van der Waals surface area contributed by atoms with Crippen molar-refractivity contribution in [3.05, 3.63) is 35.4 Å². The highest BCUT2D eigenvalue weighted by molar-refractivity contribution is 5.96. The molecule has 2 rings (SSSR count). The average Bonchev–Trinajstić information content (AvgIpc) is 2.92. The Morgan fingerprint density at radius 3 is 1.46 bits per heavy atom. The Morgan fingerprint density at radius 1 is 0.683 bits per heavy atom. The van der Waals surface area contributed by atoms with Crippen LogP contribution in [0, 0.1) is 5.92 Å². The Bertz CT molecular complexity index is 1220. The van der Waals surface area contributed by atoms with Gasteiger partial charge in [-0.05, 0) is 56.4 Å². The first-order chi connectivity index (χ1) is 19.3. The van der Waals surface area contributed by atoms with Crippen LogP contribution in [0.25, 0.3) is 0 Å². The minimum Gasteiger partial charge on any atom is -0.504 e. The van der Waals surface area contributed by atoms with Gasteiger partial charge in [-0.3, -0.25) is 19.2 Å². The fourth-order valence-corrected chi connectivity index (χ4v) is 3.86. The lowest BCUT2D eigenvalue weighted by Crippen LogP contribution is -2.46. The normalized spacial score (nSPS) is 12.2. The largest absolute Gasteiger partial charge is 0.504 e. The molecule has 41 heavy (non-hydrogen) atoms. The molecule has 0 saturated carbocycles. The Labute approximate surface area is 235 Å². The second-order valence-electron chi connectivity index (χ2n) is 9.59. The maximum atomic E-state index is 12.5. The summed E-state index contributed by atoms with van der Waals surface area (Å²) in [5, 5.41) is 64.6. The van der Waals surface area contributed by atoms with Crippen LogP contribution in [-0.4, -0.2) is 73.4 Å². The molecule has 0 spiro atoms. The van der Waals surface area contributed by atoms with Gasteiger partial charge in [0.2, 0.25) is 11.8 Å². The molecule has 2 atom stereocenters. The van der Waals surface area contributed by atoms with E-state index in [0.29, 0.717) is 32.1 Å². The van der Waals surface area contributed by atoms with Crippen LogP contribution in [0.5, 0.6) is 34.5 Å². The molecule has 0 aromatic heterocycles. The van der Waals surface area contributed by atoms with Gasteiger partial charge in [0.15, 0.2) is 34.5 Å². The van der Waals surface area contributed by atoms with Crippen molar-refractivity contribution in [1.29, 1.82) is 0 Å². The van der Waals surface area contributed by atoms with Crippen molar-refractivity contribution in [2.75, 3.05) is 13.1 Å². The maximum Gasteiger partial charge on any atom is 0.251 e. The number of rotatable bonds is 15. The van der Waals surface area contributed by atoms with Crippen molar-refractivity contribution in [2.45, 2.75) is 51.5 Å². The first-order valence-corrected chi connectivity index (χ1v) is 13.0. The Morgan fingerprint density at radius 2 is 1.07 bits per heavy atom. The molecule has 0 fully saturated rings. The molecule has 0 aliphatic heterocycles. The zero-order valence-corrected chi connectivity index (χ0v) is 22.5. The molecule has 0 radical (unpaired) electrons. The van der Waals surface area contributed by atoms with Gasteiger partial charge in [-0.2, -0.15) is 0 Å². The molecular weight excluding hydrogens is 540 g/mol. The second-order valence-corrected chi connectivity index (χ2v) is 9.59. The van der Waals surface area contributed by atoms with Crippen molar-refractivity contribution >= 4 is 23.6 Å². The van der Waals surface area contributed by atoms with E-state index >= 15 is 0 Å². The number of aromatic hydroxyl groups is 6. The summed E-state index contributed by atoms with van der Waals surface area (Å²) in [6.45, 7) is 2.18. The van der Waals surface area contributed by atoms with Crippen LogP contribution in [0.3, 0.4) is 0 Å². The molecule has 224 valence electrons. The van der Waals surface area contributed by atoms with Crippen molar-refractivity contribution in [3.63, 3.8) is 0 Å². The number of carbonyl (C=O) groups excluding carboxylic acids is 4. The number of nitrogens with one attached hydrogen (secondary N) is 3. The quantitative estimate of drug-likeness (QED) is 0.106. The van der Waals surface area contributed by atoms with Crippen molar-refractivity contribution < 1.29 is 49.8 Å². The zero-order chi connectivity index (χ0) is 30.7. The molecule has 0 saturated heterocycles. The van der Waals surface area contributed by atoms with Gasteiger partial charge in [0.25, 0.3) is 11.8 Å². The predicted molar refractivity (Wildman–Crippen MR) is 146 cm³/mol. The van der Waals surface area contributed by atoms with Gasteiger partial charge < -0.3 is 52.3 Å². The summed E-state index contributed by atoms with van der Waals surface area (Å²) in [5.74, 6) is -6.56. The van der Waals surface area contributed by atoms with Gasteiger partial charge in [0, 0.05) is 30.1 Å². The van der Waals surface area contributed by atoms with Crippen LogP contribution in [0.2, 0.25) is 0 Å². The third-order valence-corrected chi connectivity index (χ3v) is 6.33. The van der Waals surface area contributed by atoms with Crippen LogP contribution in [-0.2, 0) is 9.59 Å². The minimum atomic E-state index is -0.899.